The van der Waals surface area contributed by atoms with Crippen LogP contribution in [0.2, 0.25) is 0 Å². The van der Waals surface area contributed by atoms with Gasteiger partial charge in [-0.25, -0.2) is 0 Å². The minimum atomic E-state index is -0.147. The second-order valence-corrected chi connectivity index (χ2v) is 3.45. The molecule has 0 saturated carbocycles. The number of morpholine rings is 1. The van der Waals surface area contributed by atoms with Crippen LogP contribution in [-0.2, 0) is 4.74 Å². The van der Waals surface area contributed by atoms with Gasteiger partial charge in [-0.1, -0.05) is 0 Å². The van der Waals surface area contributed by atoms with Crippen LogP contribution in [0, 0.1) is 0 Å². The Hall–Kier alpha value is -0.120. The SMILES string of the molecule is C[C@H](O)CCCN1CCOCC1. The summed E-state index contributed by atoms with van der Waals surface area (Å²) in [4.78, 5) is 2.39. The predicted molar refractivity (Wildman–Crippen MR) is 48.2 cm³/mol. The monoisotopic (exact) mass is 173 g/mol. The molecule has 0 aliphatic carbocycles. The van der Waals surface area contributed by atoms with Gasteiger partial charge in [0.1, 0.15) is 0 Å². The number of aliphatic hydroxyl groups is 1. The quantitative estimate of drug-likeness (QED) is 0.671. The van der Waals surface area contributed by atoms with Gasteiger partial charge in [0, 0.05) is 13.1 Å². The highest BCUT2D eigenvalue weighted by molar-refractivity contribution is 4.62. The number of hydrogen-bond acceptors (Lipinski definition) is 3. The molecule has 1 heterocycles. The van der Waals surface area contributed by atoms with E-state index in [9.17, 15) is 0 Å². The molecule has 0 amide bonds. The molecule has 1 aliphatic rings. The Labute approximate surface area is 74.3 Å². The predicted octanol–water partition coefficient (Wildman–Crippen LogP) is 0.480. The number of aliphatic hydroxyl groups excluding tert-OH is 1. The highest BCUT2D eigenvalue weighted by Gasteiger charge is 2.09. The lowest BCUT2D eigenvalue weighted by Crippen LogP contribution is -2.37. The van der Waals surface area contributed by atoms with Gasteiger partial charge in [0.15, 0.2) is 0 Å². The van der Waals surface area contributed by atoms with Crippen LogP contribution in [0.15, 0.2) is 0 Å². The van der Waals surface area contributed by atoms with Gasteiger partial charge in [-0.2, -0.15) is 0 Å². The molecule has 0 unspecified atom stereocenters. The van der Waals surface area contributed by atoms with Crippen LogP contribution in [0.3, 0.4) is 0 Å². The van der Waals surface area contributed by atoms with Crippen LogP contribution in [0.25, 0.3) is 0 Å². The maximum absolute atomic E-state index is 9.04. The smallest absolute Gasteiger partial charge is 0.0594 e. The Balaban J connectivity index is 1.98. The van der Waals surface area contributed by atoms with E-state index in [2.05, 4.69) is 4.90 Å². The first kappa shape index (κ1) is 9.96. The van der Waals surface area contributed by atoms with Gasteiger partial charge in [-0.05, 0) is 26.3 Å². The molecule has 0 bridgehead atoms. The van der Waals surface area contributed by atoms with Crippen molar-refractivity contribution >= 4 is 0 Å². The van der Waals surface area contributed by atoms with Crippen molar-refractivity contribution in [1.82, 2.24) is 4.90 Å². The van der Waals surface area contributed by atoms with E-state index in [1.54, 1.807) is 0 Å². The lowest BCUT2D eigenvalue weighted by Gasteiger charge is -2.26. The summed E-state index contributed by atoms with van der Waals surface area (Å²) in [5.74, 6) is 0. The average molecular weight is 173 g/mol. The fourth-order valence-electron chi connectivity index (χ4n) is 1.44. The van der Waals surface area contributed by atoms with Crippen molar-refractivity contribution in [2.75, 3.05) is 32.8 Å². The molecule has 0 spiro atoms. The molecule has 0 aromatic carbocycles. The molecule has 72 valence electrons. The van der Waals surface area contributed by atoms with Gasteiger partial charge in [-0.3, -0.25) is 4.90 Å². The maximum Gasteiger partial charge on any atom is 0.0594 e. The standard InChI is InChI=1S/C9H19NO2/c1-9(11)3-2-4-10-5-7-12-8-6-10/h9,11H,2-8H2,1H3/t9-/m0/s1. The molecule has 0 aromatic heterocycles. The third-order valence-electron chi connectivity index (χ3n) is 2.20. The lowest BCUT2D eigenvalue weighted by molar-refractivity contribution is 0.0356. The Kier molecular flexibility index (Phi) is 4.58. The fourth-order valence-corrected chi connectivity index (χ4v) is 1.44. The minimum Gasteiger partial charge on any atom is -0.393 e. The summed E-state index contributed by atoms with van der Waals surface area (Å²) in [6.07, 6.45) is 1.86. The van der Waals surface area contributed by atoms with Crippen LogP contribution in [0.5, 0.6) is 0 Å². The summed E-state index contributed by atoms with van der Waals surface area (Å²) in [7, 11) is 0. The van der Waals surface area contributed by atoms with Crippen molar-refractivity contribution in [2.24, 2.45) is 0 Å². The highest BCUT2D eigenvalue weighted by atomic mass is 16.5. The van der Waals surface area contributed by atoms with E-state index in [0.29, 0.717) is 0 Å². The van der Waals surface area contributed by atoms with Gasteiger partial charge >= 0.3 is 0 Å². The molecular weight excluding hydrogens is 154 g/mol. The first-order valence-electron chi connectivity index (χ1n) is 4.77. The molecule has 3 nitrogen and oxygen atoms in total. The Morgan fingerprint density at radius 2 is 2.08 bits per heavy atom. The Morgan fingerprint density at radius 3 is 2.67 bits per heavy atom. The van der Waals surface area contributed by atoms with Crippen molar-refractivity contribution in [3.8, 4) is 0 Å². The fraction of sp³-hybridized carbons (Fsp3) is 1.00. The molecule has 0 aromatic rings. The lowest BCUT2D eigenvalue weighted by atomic mass is 10.2. The number of rotatable bonds is 4. The Morgan fingerprint density at radius 1 is 1.42 bits per heavy atom. The largest absolute Gasteiger partial charge is 0.393 e. The van der Waals surface area contributed by atoms with Crippen LogP contribution >= 0.6 is 0 Å². The second-order valence-electron chi connectivity index (χ2n) is 3.45. The van der Waals surface area contributed by atoms with Crippen LogP contribution in [-0.4, -0.2) is 49.0 Å². The van der Waals surface area contributed by atoms with E-state index in [4.69, 9.17) is 9.84 Å². The molecule has 1 aliphatic heterocycles. The summed E-state index contributed by atoms with van der Waals surface area (Å²) in [6.45, 7) is 6.80. The molecule has 1 fully saturated rings. The number of hydrogen-bond donors (Lipinski definition) is 1. The van der Waals surface area contributed by atoms with Gasteiger partial charge in [0.25, 0.3) is 0 Å². The minimum absolute atomic E-state index is 0.147. The third-order valence-corrected chi connectivity index (χ3v) is 2.20. The van der Waals surface area contributed by atoms with Gasteiger partial charge < -0.3 is 9.84 Å². The van der Waals surface area contributed by atoms with E-state index in [1.165, 1.54) is 0 Å². The van der Waals surface area contributed by atoms with E-state index in [1.807, 2.05) is 6.92 Å². The molecule has 1 rings (SSSR count). The highest BCUT2D eigenvalue weighted by Crippen LogP contribution is 2.01. The first-order valence-corrected chi connectivity index (χ1v) is 4.77. The van der Waals surface area contributed by atoms with Gasteiger partial charge in [-0.15, -0.1) is 0 Å². The molecule has 1 N–H and O–H groups in total. The number of nitrogens with zero attached hydrogens (tertiary/aromatic N) is 1. The summed E-state index contributed by atoms with van der Waals surface area (Å²) >= 11 is 0. The zero-order chi connectivity index (χ0) is 8.81. The zero-order valence-corrected chi connectivity index (χ0v) is 7.83. The van der Waals surface area contributed by atoms with E-state index in [-0.39, 0.29) is 6.10 Å². The van der Waals surface area contributed by atoms with E-state index >= 15 is 0 Å². The van der Waals surface area contributed by atoms with Crippen molar-refractivity contribution in [3.63, 3.8) is 0 Å². The molecule has 12 heavy (non-hydrogen) atoms. The summed E-state index contributed by atoms with van der Waals surface area (Å²) in [5, 5.41) is 9.04. The van der Waals surface area contributed by atoms with Crippen LogP contribution < -0.4 is 0 Å². The third kappa shape index (κ3) is 4.04. The van der Waals surface area contributed by atoms with Crippen molar-refractivity contribution in [2.45, 2.75) is 25.9 Å². The van der Waals surface area contributed by atoms with Crippen molar-refractivity contribution in [1.29, 1.82) is 0 Å². The summed E-state index contributed by atoms with van der Waals surface area (Å²) in [5.41, 5.74) is 0. The molecule has 0 radical (unpaired) electrons. The maximum atomic E-state index is 9.04. The Bertz CT molecular complexity index is 111. The molecule has 3 heteroatoms. The van der Waals surface area contributed by atoms with E-state index in [0.717, 1.165) is 45.7 Å². The van der Waals surface area contributed by atoms with Crippen LogP contribution in [0.4, 0.5) is 0 Å². The number of ether oxygens (including phenoxy) is 1. The zero-order valence-electron chi connectivity index (χ0n) is 7.83. The van der Waals surface area contributed by atoms with Crippen LogP contribution in [0.1, 0.15) is 19.8 Å². The first-order chi connectivity index (χ1) is 5.79. The van der Waals surface area contributed by atoms with E-state index < -0.39 is 0 Å². The summed E-state index contributed by atoms with van der Waals surface area (Å²) in [6, 6.07) is 0. The summed E-state index contributed by atoms with van der Waals surface area (Å²) < 4.78 is 5.24. The normalized spacial score (nSPS) is 22.5. The average Bonchev–Trinajstić information content (AvgIpc) is 2.05. The van der Waals surface area contributed by atoms with Crippen molar-refractivity contribution in [3.05, 3.63) is 0 Å². The molecular formula is C9H19NO2. The topological polar surface area (TPSA) is 32.7 Å². The molecule has 1 saturated heterocycles. The second kappa shape index (κ2) is 5.51. The van der Waals surface area contributed by atoms with Gasteiger partial charge in [0.05, 0.1) is 19.3 Å². The molecule has 1 atom stereocenters. The van der Waals surface area contributed by atoms with Gasteiger partial charge in [0.2, 0.25) is 0 Å². The van der Waals surface area contributed by atoms with Crippen molar-refractivity contribution < 1.29 is 9.84 Å².